The zero-order chi connectivity index (χ0) is 8.10. The van der Waals surface area contributed by atoms with Crippen LogP contribution in [0, 0.1) is 0 Å². The molecule has 11 heavy (non-hydrogen) atoms. The van der Waals surface area contributed by atoms with E-state index < -0.39 is 0 Å². The molecule has 0 aliphatic heterocycles. The summed E-state index contributed by atoms with van der Waals surface area (Å²) in [5.41, 5.74) is 1.12. The number of nitrogens with one attached hydrogen (secondary N) is 2. The van der Waals surface area contributed by atoms with Crippen LogP contribution in [0.3, 0.4) is 0 Å². The van der Waals surface area contributed by atoms with Gasteiger partial charge in [0, 0.05) is 30.2 Å². The van der Waals surface area contributed by atoms with Crippen molar-refractivity contribution in [1.82, 2.24) is 15.3 Å². The Morgan fingerprint density at radius 2 is 2.64 bits per heavy atom. The van der Waals surface area contributed by atoms with Crippen molar-refractivity contribution >= 4 is 11.6 Å². The minimum atomic E-state index is 0.331. The molecule has 0 aliphatic rings. The van der Waals surface area contributed by atoms with Crippen LogP contribution in [0.25, 0.3) is 0 Å². The summed E-state index contributed by atoms with van der Waals surface area (Å²) in [5.74, 6) is 0.621. The molecular formula is C7H12ClN3. The number of nitrogens with zero attached hydrogens (tertiary/aromatic N) is 1. The Labute approximate surface area is 71.2 Å². The number of halogens is 1. The van der Waals surface area contributed by atoms with Gasteiger partial charge in [-0.1, -0.05) is 0 Å². The Morgan fingerprint density at radius 1 is 1.82 bits per heavy atom. The summed E-state index contributed by atoms with van der Waals surface area (Å²) >= 11 is 5.69. The summed E-state index contributed by atoms with van der Waals surface area (Å²) in [4.78, 5) is 6.94. The highest BCUT2D eigenvalue weighted by Crippen LogP contribution is 1.98. The van der Waals surface area contributed by atoms with E-state index >= 15 is 0 Å². The molecule has 0 fully saturated rings. The molecule has 2 N–H and O–H groups in total. The third kappa shape index (κ3) is 2.52. The number of aromatic nitrogens is 2. The van der Waals surface area contributed by atoms with Gasteiger partial charge in [0.05, 0.1) is 6.33 Å². The van der Waals surface area contributed by atoms with E-state index in [9.17, 15) is 0 Å². The van der Waals surface area contributed by atoms with Crippen molar-refractivity contribution in [1.29, 1.82) is 0 Å². The van der Waals surface area contributed by atoms with Crippen LogP contribution in [-0.2, 0) is 6.42 Å². The van der Waals surface area contributed by atoms with E-state index in [4.69, 9.17) is 11.6 Å². The number of alkyl halides is 1. The summed E-state index contributed by atoms with van der Waals surface area (Å²) < 4.78 is 0. The lowest BCUT2D eigenvalue weighted by Crippen LogP contribution is -2.29. The molecule has 1 heterocycles. The Kier molecular flexibility index (Phi) is 3.39. The second kappa shape index (κ2) is 4.36. The third-order valence-corrected chi connectivity index (χ3v) is 1.99. The van der Waals surface area contributed by atoms with Gasteiger partial charge in [-0.2, -0.15) is 0 Å². The van der Waals surface area contributed by atoms with Crippen molar-refractivity contribution in [3.63, 3.8) is 0 Å². The molecule has 0 saturated heterocycles. The Bertz CT molecular complexity index is 182. The van der Waals surface area contributed by atoms with Crippen LogP contribution < -0.4 is 5.32 Å². The first-order chi connectivity index (χ1) is 5.36. The molecule has 0 radical (unpaired) electrons. The summed E-state index contributed by atoms with van der Waals surface area (Å²) in [6.45, 7) is 0. The van der Waals surface area contributed by atoms with Crippen molar-refractivity contribution in [3.8, 4) is 0 Å². The molecule has 0 unspecified atom stereocenters. The lowest BCUT2D eigenvalue weighted by atomic mass is 10.2. The van der Waals surface area contributed by atoms with E-state index in [2.05, 4.69) is 15.3 Å². The number of rotatable bonds is 4. The van der Waals surface area contributed by atoms with E-state index in [0.717, 1.165) is 12.1 Å². The molecule has 62 valence electrons. The van der Waals surface area contributed by atoms with Crippen LogP contribution >= 0.6 is 11.6 Å². The van der Waals surface area contributed by atoms with Gasteiger partial charge in [-0.15, -0.1) is 11.6 Å². The van der Waals surface area contributed by atoms with Crippen LogP contribution in [0.2, 0.25) is 0 Å². The Morgan fingerprint density at radius 3 is 3.09 bits per heavy atom. The molecule has 4 heteroatoms. The molecule has 0 aliphatic carbocycles. The molecular weight excluding hydrogens is 162 g/mol. The molecule has 1 atom stereocenters. The van der Waals surface area contributed by atoms with Crippen molar-refractivity contribution in [2.45, 2.75) is 12.5 Å². The van der Waals surface area contributed by atoms with Crippen LogP contribution in [0.1, 0.15) is 5.69 Å². The standard InChI is InChI=1S/C7H12ClN3/c1-9-6(3-8)2-7-4-10-5-11-7/h4-6,9H,2-3H2,1H3,(H,10,11)/t6-/m1/s1. The molecule has 0 amide bonds. The van der Waals surface area contributed by atoms with Gasteiger partial charge in [0.2, 0.25) is 0 Å². The van der Waals surface area contributed by atoms with Crippen LogP contribution in [0.15, 0.2) is 12.5 Å². The fourth-order valence-corrected chi connectivity index (χ4v) is 1.16. The van der Waals surface area contributed by atoms with E-state index in [-0.39, 0.29) is 0 Å². The van der Waals surface area contributed by atoms with E-state index in [1.807, 2.05) is 13.2 Å². The molecule has 1 rings (SSSR count). The van der Waals surface area contributed by atoms with Crippen molar-refractivity contribution in [2.24, 2.45) is 0 Å². The third-order valence-electron chi connectivity index (χ3n) is 1.62. The maximum atomic E-state index is 5.69. The topological polar surface area (TPSA) is 40.7 Å². The Balaban J connectivity index is 2.41. The molecule has 1 aromatic heterocycles. The van der Waals surface area contributed by atoms with Crippen LogP contribution in [0.5, 0.6) is 0 Å². The normalized spacial score (nSPS) is 13.3. The highest BCUT2D eigenvalue weighted by atomic mass is 35.5. The number of likely N-dealkylation sites (N-methyl/N-ethyl adjacent to an activating group) is 1. The lowest BCUT2D eigenvalue weighted by molar-refractivity contribution is 0.607. The zero-order valence-corrected chi connectivity index (χ0v) is 7.23. The van der Waals surface area contributed by atoms with Gasteiger partial charge in [0.1, 0.15) is 0 Å². The second-order valence-corrected chi connectivity index (χ2v) is 2.73. The summed E-state index contributed by atoms with van der Waals surface area (Å²) in [6, 6.07) is 0.331. The quantitative estimate of drug-likeness (QED) is 0.661. The van der Waals surface area contributed by atoms with Crippen molar-refractivity contribution in [2.75, 3.05) is 12.9 Å². The SMILES string of the molecule is CN[C@@H](CCl)Cc1cnc[nH]1. The highest BCUT2D eigenvalue weighted by Gasteiger charge is 2.05. The first kappa shape index (κ1) is 8.56. The average molecular weight is 174 g/mol. The maximum Gasteiger partial charge on any atom is 0.0921 e. The molecule has 0 saturated carbocycles. The Hall–Kier alpha value is -0.540. The van der Waals surface area contributed by atoms with E-state index in [1.165, 1.54) is 0 Å². The van der Waals surface area contributed by atoms with Crippen molar-refractivity contribution in [3.05, 3.63) is 18.2 Å². The van der Waals surface area contributed by atoms with Gasteiger partial charge in [-0.25, -0.2) is 4.98 Å². The number of H-pyrrole nitrogens is 1. The van der Waals surface area contributed by atoms with Gasteiger partial charge < -0.3 is 10.3 Å². The fourth-order valence-electron chi connectivity index (χ4n) is 0.896. The minimum absolute atomic E-state index is 0.331. The molecule has 3 nitrogen and oxygen atoms in total. The predicted octanol–water partition coefficient (Wildman–Crippen LogP) is 0.779. The fraction of sp³-hybridized carbons (Fsp3) is 0.571. The smallest absolute Gasteiger partial charge is 0.0921 e. The summed E-state index contributed by atoms with van der Waals surface area (Å²) in [6.07, 6.45) is 4.40. The average Bonchev–Trinajstić information content (AvgIpc) is 2.52. The largest absolute Gasteiger partial charge is 0.348 e. The predicted molar refractivity (Wildman–Crippen MR) is 45.9 cm³/mol. The number of imidazole rings is 1. The second-order valence-electron chi connectivity index (χ2n) is 2.42. The monoisotopic (exact) mass is 173 g/mol. The molecule has 0 aromatic carbocycles. The summed E-state index contributed by atoms with van der Waals surface area (Å²) in [7, 11) is 1.91. The van der Waals surface area contributed by atoms with Gasteiger partial charge in [-0.3, -0.25) is 0 Å². The molecule has 0 spiro atoms. The lowest BCUT2D eigenvalue weighted by Gasteiger charge is -2.09. The highest BCUT2D eigenvalue weighted by molar-refractivity contribution is 6.18. The van der Waals surface area contributed by atoms with E-state index in [0.29, 0.717) is 11.9 Å². The van der Waals surface area contributed by atoms with Crippen LogP contribution in [-0.4, -0.2) is 28.9 Å². The summed E-state index contributed by atoms with van der Waals surface area (Å²) in [5, 5.41) is 3.11. The van der Waals surface area contributed by atoms with Gasteiger partial charge >= 0.3 is 0 Å². The van der Waals surface area contributed by atoms with Gasteiger partial charge in [0.15, 0.2) is 0 Å². The molecule has 0 bridgehead atoms. The first-order valence-electron chi connectivity index (χ1n) is 3.57. The first-order valence-corrected chi connectivity index (χ1v) is 4.10. The van der Waals surface area contributed by atoms with Crippen molar-refractivity contribution < 1.29 is 0 Å². The van der Waals surface area contributed by atoms with E-state index in [1.54, 1.807) is 6.33 Å². The number of aromatic amines is 1. The maximum absolute atomic E-state index is 5.69. The number of hydrogen-bond acceptors (Lipinski definition) is 2. The number of hydrogen-bond donors (Lipinski definition) is 2. The molecule has 1 aromatic rings. The van der Waals surface area contributed by atoms with Gasteiger partial charge in [0.25, 0.3) is 0 Å². The van der Waals surface area contributed by atoms with Gasteiger partial charge in [-0.05, 0) is 7.05 Å². The van der Waals surface area contributed by atoms with Crippen LogP contribution in [0.4, 0.5) is 0 Å². The zero-order valence-electron chi connectivity index (χ0n) is 6.47. The minimum Gasteiger partial charge on any atom is -0.348 e.